The zero-order valence-corrected chi connectivity index (χ0v) is 13.6. The first-order chi connectivity index (χ1) is 11.7. The number of anilines is 1. The van der Waals surface area contributed by atoms with Crippen molar-refractivity contribution in [2.45, 2.75) is 6.54 Å². The van der Waals surface area contributed by atoms with Crippen molar-refractivity contribution >= 4 is 23.3 Å². The van der Waals surface area contributed by atoms with Gasteiger partial charge in [0.2, 0.25) is 0 Å². The van der Waals surface area contributed by atoms with Gasteiger partial charge in [-0.1, -0.05) is 48.0 Å². The van der Waals surface area contributed by atoms with E-state index in [4.69, 9.17) is 17.3 Å². The molecule has 0 bridgehead atoms. The fourth-order valence-corrected chi connectivity index (χ4v) is 2.42. The highest BCUT2D eigenvalue weighted by atomic mass is 35.5. The van der Waals surface area contributed by atoms with E-state index in [1.807, 2.05) is 42.5 Å². The molecule has 3 N–H and O–H groups in total. The average molecular weight is 338 g/mol. The molecular weight excluding hydrogens is 322 g/mol. The minimum atomic E-state index is -0.217. The minimum Gasteiger partial charge on any atom is -0.326 e. The Morgan fingerprint density at radius 2 is 1.83 bits per heavy atom. The SMILES string of the molecule is NCc1ccc(-c2cccc(C(=O)Nc3ccc(Cl)cn3)c2)cc1. The Morgan fingerprint density at radius 1 is 1.04 bits per heavy atom. The van der Waals surface area contributed by atoms with Crippen LogP contribution in [0, 0.1) is 0 Å². The molecule has 0 atom stereocenters. The van der Waals surface area contributed by atoms with Crippen molar-refractivity contribution in [1.29, 1.82) is 0 Å². The Balaban J connectivity index is 1.81. The van der Waals surface area contributed by atoms with Crippen LogP contribution < -0.4 is 11.1 Å². The molecule has 1 amide bonds. The Labute approximate surface area is 145 Å². The number of nitrogens with one attached hydrogen (secondary N) is 1. The van der Waals surface area contributed by atoms with Crippen molar-refractivity contribution < 1.29 is 4.79 Å². The van der Waals surface area contributed by atoms with Gasteiger partial charge in [0.05, 0.1) is 5.02 Å². The monoisotopic (exact) mass is 337 g/mol. The summed E-state index contributed by atoms with van der Waals surface area (Å²) in [5.41, 5.74) is 9.25. The molecule has 1 aromatic heterocycles. The lowest BCUT2D eigenvalue weighted by Gasteiger charge is -2.07. The van der Waals surface area contributed by atoms with E-state index >= 15 is 0 Å². The highest BCUT2D eigenvalue weighted by molar-refractivity contribution is 6.30. The van der Waals surface area contributed by atoms with Crippen LogP contribution in [0.15, 0.2) is 66.9 Å². The van der Waals surface area contributed by atoms with Crippen molar-refractivity contribution in [2.75, 3.05) is 5.32 Å². The summed E-state index contributed by atoms with van der Waals surface area (Å²) in [6.07, 6.45) is 1.49. The van der Waals surface area contributed by atoms with Crippen molar-refractivity contribution in [2.24, 2.45) is 5.73 Å². The third-order valence-electron chi connectivity index (χ3n) is 3.62. The van der Waals surface area contributed by atoms with Gasteiger partial charge >= 0.3 is 0 Å². The van der Waals surface area contributed by atoms with Gasteiger partial charge in [0.15, 0.2) is 0 Å². The van der Waals surface area contributed by atoms with Crippen molar-refractivity contribution in [1.82, 2.24) is 4.98 Å². The first-order valence-electron chi connectivity index (χ1n) is 7.48. The number of benzene rings is 2. The highest BCUT2D eigenvalue weighted by Gasteiger charge is 2.08. The molecule has 0 unspecified atom stereocenters. The summed E-state index contributed by atoms with van der Waals surface area (Å²) in [6, 6.07) is 18.8. The van der Waals surface area contributed by atoms with Crippen LogP contribution in [-0.4, -0.2) is 10.9 Å². The number of nitrogens with two attached hydrogens (primary N) is 1. The van der Waals surface area contributed by atoms with Gasteiger partial charge in [-0.2, -0.15) is 0 Å². The quantitative estimate of drug-likeness (QED) is 0.752. The van der Waals surface area contributed by atoms with Gasteiger partial charge in [-0.3, -0.25) is 4.79 Å². The Kier molecular flexibility index (Phi) is 4.89. The van der Waals surface area contributed by atoms with Crippen LogP contribution in [0.25, 0.3) is 11.1 Å². The molecule has 5 heteroatoms. The van der Waals surface area contributed by atoms with Gasteiger partial charge in [0.1, 0.15) is 5.82 Å². The van der Waals surface area contributed by atoms with Crippen molar-refractivity contribution in [3.05, 3.63) is 83.0 Å². The molecule has 0 saturated carbocycles. The lowest BCUT2D eigenvalue weighted by Crippen LogP contribution is -2.12. The maximum Gasteiger partial charge on any atom is 0.256 e. The lowest BCUT2D eigenvalue weighted by molar-refractivity contribution is 0.102. The molecule has 3 aromatic rings. The van der Waals surface area contributed by atoms with Crippen LogP contribution in [-0.2, 0) is 6.54 Å². The molecule has 120 valence electrons. The molecule has 0 saturated heterocycles. The van der Waals surface area contributed by atoms with Crippen molar-refractivity contribution in [3.8, 4) is 11.1 Å². The summed E-state index contributed by atoms with van der Waals surface area (Å²) in [5, 5.41) is 3.28. The van der Waals surface area contributed by atoms with Gasteiger partial charge in [0.25, 0.3) is 5.91 Å². The second kappa shape index (κ2) is 7.25. The summed E-state index contributed by atoms with van der Waals surface area (Å²) in [4.78, 5) is 16.5. The summed E-state index contributed by atoms with van der Waals surface area (Å²) in [5.74, 6) is 0.243. The van der Waals surface area contributed by atoms with Gasteiger partial charge in [0, 0.05) is 18.3 Å². The Bertz CT molecular complexity index is 845. The normalized spacial score (nSPS) is 10.4. The van der Waals surface area contributed by atoms with Crippen LogP contribution in [0.4, 0.5) is 5.82 Å². The zero-order valence-electron chi connectivity index (χ0n) is 12.9. The van der Waals surface area contributed by atoms with E-state index in [0.29, 0.717) is 22.9 Å². The van der Waals surface area contributed by atoms with Crippen LogP contribution in [0.1, 0.15) is 15.9 Å². The first kappa shape index (κ1) is 16.2. The van der Waals surface area contributed by atoms with E-state index in [9.17, 15) is 4.79 Å². The third-order valence-corrected chi connectivity index (χ3v) is 3.84. The number of hydrogen-bond acceptors (Lipinski definition) is 3. The number of nitrogens with zero attached hydrogens (tertiary/aromatic N) is 1. The zero-order chi connectivity index (χ0) is 16.9. The number of aromatic nitrogens is 1. The second-order valence-corrected chi connectivity index (χ2v) is 5.73. The maximum atomic E-state index is 12.4. The van der Waals surface area contributed by atoms with Crippen LogP contribution >= 0.6 is 11.6 Å². The van der Waals surface area contributed by atoms with E-state index < -0.39 is 0 Å². The molecule has 24 heavy (non-hydrogen) atoms. The number of halogens is 1. The molecular formula is C19H16ClN3O. The molecule has 0 spiro atoms. The number of pyridine rings is 1. The topological polar surface area (TPSA) is 68.0 Å². The highest BCUT2D eigenvalue weighted by Crippen LogP contribution is 2.21. The van der Waals surface area contributed by atoms with E-state index in [-0.39, 0.29) is 5.91 Å². The smallest absolute Gasteiger partial charge is 0.256 e. The number of carbonyl (C=O) groups excluding carboxylic acids is 1. The van der Waals surface area contributed by atoms with E-state index in [1.165, 1.54) is 6.20 Å². The van der Waals surface area contributed by atoms with E-state index in [0.717, 1.165) is 16.7 Å². The predicted molar refractivity (Wildman–Crippen MR) is 97.0 cm³/mol. The molecule has 4 nitrogen and oxygen atoms in total. The molecule has 0 fully saturated rings. The Hall–Kier alpha value is -2.69. The maximum absolute atomic E-state index is 12.4. The lowest BCUT2D eigenvalue weighted by atomic mass is 10.0. The van der Waals surface area contributed by atoms with Crippen LogP contribution in [0.5, 0.6) is 0 Å². The summed E-state index contributed by atoms with van der Waals surface area (Å²) >= 11 is 5.79. The third kappa shape index (κ3) is 3.79. The van der Waals surface area contributed by atoms with Crippen LogP contribution in [0.2, 0.25) is 5.02 Å². The average Bonchev–Trinajstić information content (AvgIpc) is 2.64. The van der Waals surface area contributed by atoms with Gasteiger partial charge in [-0.25, -0.2) is 4.98 Å². The number of carbonyl (C=O) groups is 1. The number of rotatable bonds is 4. The van der Waals surface area contributed by atoms with Crippen molar-refractivity contribution in [3.63, 3.8) is 0 Å². The summed E-state index contributed by atoms with van der Waals surface area (Å²) < 4.78 is 0. The van der Waals surface area contributed by atoms with Gasteiger partial charge in [-0.05, 0) is 41.0 Å². The largest absolute Gasteiger partial charge is 0.326 e. The molecule has 0 aliphatic carbocycles. The summed E-state index contributed by atoms with van der Waals surface area (Å²) in [6.45, 7) is 0.511. The van der Waals surface area contributed by atoms with Gasteiger partial charge in [-0.15, -0.1) is 0 Å². The predicted octanol–water partition coefficient (Wildman–Crippen LogP) is 4.11. The molecule has 2 aromatic carbocycles. The molecule has 0 aliphatic heterocycles. The van der Waals surface area contributed by atoms with Crippen LogP contribution in [0.3, 0.4) is 0 Å². The first-order valence-corrected chi connectivity index (χ1v) is 7.86. The Morgan fingerprint density at radius 3 is 2.50 bits per heavy atom. The standard InChI is InChI=1S/C19H16ClN3O/c20-17-8-9-18(22-12-17)23-19(24)16-3-1-2-15(10-16)14-6-4-13(11-21)5-7-14/h1-10,12H,11,21H2,(H,22,23,24). The fourth-order valence-electron chi connectivity index (χ4n) is 2.31. The molecule has 0 radical (unpaired) electrons. The number of hydrogen-bond donors (Lipinski definition) is 2. The van der Waals surface area contributed by atoms with Gasteiger partial charge < -0.3 is 11.1 Å². The second-order valence-electron chi connectivity index (χ2n) is 5.30. The van der Waals surface area contributed by atoms with E-state index in [1.54, 1.807) is 18.2 Å². The molecule has 3 rings (SSSR count). The van der Waals surface area contributed by atoms with E-state index in [2.05, 4.69) is 10.3 Å². The molecule has 1 heterocycles. The fraction of sp³-hybridized carbons (Fsp3) is 0.0526. The summed E-state index contributed by atoms with van der Waals surface area (Å²) in [7, 11) is 0. The number of amides is 1. The minimum absolute atomic E-state index is 0.217. The molecule has 0 aliphatic rings.